The highest BCUT2D eigenvalue weighted by atomic mass is 16.2. The van der Waals surface area contributed by atoms with Gasteiger partial charge in [-0.25, -0.2) is 0 Å². The van der Waals surface area contributed by atoms with Crippen LogP contribution in [0.3, 0.4) is 0 Å². The molecule has 1 aliphatic carbocycles. The highest BCUT2D eigenvalue weighted by Crippen LogP contribution is 2.38. The van der Waals surface area contributed by atoms with E-state index in [9.17, 15) is 9.59 Å². The Kier molecular flexibility index (Phi) is 3.89. The maximum absolute atomic E-state index is 11.1. The molecule has 3 nitrogen and oxygen atoms in total. The van der Waals surface area contributed by atoms with Gasteiger partial charge in [0.25, 0.3) is 5.91 Å². The van der Waals surface area contributed by atoms with Crippen LogP contribution >= 0.6 is 0 Å². The molecule has 1 N–H and O–H groups in total. The average molecular weight is 211 g/mol. The van der Waals surface area contributed by atoms with Gasteiger partial charge in [-0.2, -0.15) is 0 Å². The number of ketones is 1. The van der Waals surface area contributed by atoms with Crippen LogP contribution in [0.1, 0.15) is 46.5 Å². The molecule has 0 aromatic carbocycles. The second-order valence-corrected chi connectivity index (χ2v) is 5.21. The molecule has 1 rings (SSSR count). The molecule has 0 unspecified atom stereocenters. The molecule has 0 aromatic heterocycles. The lowest BCUT2D eigenvalue weighted by atomic mass is 9.77. The largest absolute Gasteiger partial charge is 0.349 e. The van der Waals surface area contributed by atoms with Crippen molar-refractivity contribution in [2.45, 2.75) is 46.5 Å². The van der Waals surface area contributed by atoms with Gasteiger partial charge < -0.3 is 5.32 Å². The summed E-state index contributed by atoms with van der Waals surface area (Å²) in [7, 11) is 0. The van der Waals surface area contributed by atoms with E-state index in [4.69, 9.17) is 0 Å². The second kappa shape index (κ2) is 4.77. The van der Waals surface area contributed by atoms with Gasteiger partial charge in [0.05, 0.1) is 0 Å². The lowest BCUT2D eigenvalue weighted by Gasteiger charge is -2.31. The third-order valence-electron chi connectivity index (χ3n) is 3.48. The van der Waals surface area contributed by atoms with Crippen LogP contribution in [0.5, 0.6) is 0 Å². The first-order valence-electron chi connectivity index (χ1n) is 5.72. The molecule has 0 heterocycles. The van der Waals surface area contributed by atoms with Crippen molar-refractivity contribution in [3.8, 4) is 0 Å². The van der Waals surface area contributed by atoms with Gasteiger partial charge in [-0.05, 0) is 24.2 Å². The van der Waals surface area contributed by atoms with Crippen molar-refractivity contribution in [1.29, 1.82) is 0 Å². The first-order valence-corrected chi connectivity index (χ1v) is 5.72. The fourth-order valence-corrected chi connectivity index (χ4v) is 2.28. The Labute approximate surface area is 91.6 Å². The summed E-state index contributed by atoms with van der Waals surface area (Å²) in [5.74, 6) is -0.178. The molecule has 1 saturated carbocycles. The standard InChI is InChI=1S/C12H21NO2/c1-9(14)11(15)13-8-12(2,3)10-6-4-5-7-10/h10H,4-8H2,1-3H3,(H,13,15). The molecule has 0 bridgehead atoms. The maximum Gasteiger partial charge on any atom is 0.287 e. The van der Waals surface area contributed by atoms with E-state index in [1.165, 1.54) is 32.6 Å². The van der Waals surface area contributed by atoms with Crippen molar-refractivity contribution in [1.82, 2.24) is 5.32 Å². The predicted molar refractivity (Wildman–Crippen MR) is 59.4 cm³/mol. The Bertz CT molecular complexity index is 252. The maximum atomic E-state index is 11.1. The fraction of sp³-hybridized carbons (Fsp3) is 0.833. The number of hydrogen-bond acceptors (Lipinski definition) is 2. The molecule has 1 amide bonds. The molecule has 0 aromatic rings. The monoisotopic (exact) mass is 211 g/mol. The number of hydrogen-bond donors (Lipinski definition) is 1. The normalized spacial score (nSPS) is 17.8. The van der Waals surface area contributed by atoms with Crippen molar-refractivity contribution in [3.63, 3.8) is 0 Å². The summed E-state index contributed by atoms with van der Waals surface area (Å²) < 4.78 is 0. The molecule has 1 aliphatic rings. The zero-order chi connectivity index (χ0) is 11.5. The van der Waals surface area contributed by atoms with Crippen molar-refractivity contribution in [2.75, 3.05) is 6.54 Å². The lowest BCUT2D eigenvalue weighted by Crippen LogP contribution is -2.40. The highest BCUT2D eigenvalue weighted by molar-refractivity contribution is 6.35. The summed E-state index contributed by atoms with van der Waals surface area (Å²) in [6.07, 6.45) is 5.11. The molecule has 0 aliphatic heterocycles. The van der Waals surface area contributed by atoms with Crippen molar-refractivity contribution < 1.29 is 9.59 Å². The number of rotatable bonds is 4. The number of amides is 1. The molecule has 1 fully saturated rings. The average Bonchev–Trinajstić information content (AvgIpc) is 2.67. The summed E-state index contributed by atoms with van der Waals surface area (Å²) in [5.41, 5.74) is 0.113. The van der Waals surface area contributed by atoms with Crippen LogP contribution in [0.4, 0.5) is 0 Å². The van der Waals surface area contributed by atoms with E-state index in [-0.39, 0.29) is 5.41 Å². The minimum atomic E-state index is -0.457. The van der Waals surface area contributed by atoms with Crippen LogP contribution in [0.2, 0.25) is 0 Å². The molecule has 0 saturated heterocycles. The SMILES string of the molecule is CC(=O)C(=O)NCC(C)(C)C1CCCC1. The number of nitrogens with one attached hydrogen (secondary N) is 1. The van der Waals surface area contributed by atoms with Gasteiger partial charge in [0.15, 0.2) is 0 Å². The van der Waals surface area contributed by atoms with E-state index in [0.717, 1.165) is 0 Å². The first-order chi connectivity index (χ1) is 6.93. The van der Waals surface area contributed by atoms with Crippen molar-refractivity contribution in [3.05, 3.63) is 0 Å². The summed E-state index contributed by atoms with van der Waals surface area (Å²) in [4.78, 5) is 21.9. The van der Waals surface area contributed by atoms with Crippen LogP contribution in [-0.2, 0) is 9.59 Å². The Balaban J connectivity index is 2.41. The smallest absolute Gasteiger partial charge is 0.287 e. The summed E-state index contributed by atoms with van der Waals surface area (Å²) in [6, 6.07) is 0. The van der Waals surface area contributed by atoms with Gasteiger partial charge in [0, 0.05) is 13.5 Å². The molecule has 0 radical (unpaired) electrons. The van der Waals surface area contributed by atoms with Gasteiger partial charge in [-0.1, -0.05) is 26.7 Å². The van der Waals surface area contributed by atoms with E-state index in [0.29, 0.717) is 12.5 Å². The van der Waals surface area contributed by atoms with Crippen LogP contribution in [0.25, 0.3) is 0 Å². The Morgan fingerprint density at radius 3 is 2.27 bits per heavy atom. The van der Waals surface area contributed by atoms with Crippen LogP contribution in [0, 0.1) is 11.3 Å². The van der Waals surface area contributed by atoms with Crippen molar-refractivity contribution >= 4 is 11.7 Å². The zero-order valence-electron chi connectivity index (χ0n) is 9.93. The minimum absolute atomic E-state index is 0.113. The van der Waals surface area contributed by atoms with E-state index >= 15 is 0 Å². The summed E-state index contributed by atoms with van der Waals surface area (Å²) in [5, 5.41) is 2.71. The molecular formula is C12H21NO2. The topological polar surface area (TPSA) is 46.2 Å². The third-order valence-corrected chi connectivity index (χ3v) is 3.48. The molecule has 0 spiro atoms. The van der Waals surface area contributed by atoms with Gasteiger partial charge in [0.1, 0.15) is 0 Å². The Hall–Kier alpha value is -0.860. The van der Waals surface area contributed by atoms with Gasteiger partial charge in [-0.15, -0.1) is 0 Å². The zero-order valence-corrected chi connectivity index (χ0v) is 9.93. The van der Waals surface area contributed by atoms with E-state index in [2.05, 4.69) is 19.2 Å². The third kappa shape index (κ3) is 3.33. The quantitative estimate of drug-likeness (QED) is 0.722. The number of carbonyl (C=O) groups excluding carboxylic acids is 2. The van der Waals surface area contributed by atoms with E-state index < -0.39 is 11.7 Å². The van der Waals surface area contributed by atoms with Gasteiger partial charge >= 0.3 is 0 Å². The number of Topliss-reactive ketones (excluding diaryl/α,β-unsaturated/α-hetero) is 1. The summed E-state index contributed by atoms with van der Waals surface area (Å²) >= 11 is 0. The summed E-state index contributed by atoms with van der Waals surface area (Å²) in [6.45, 7) is 6.25. The number of carbonyl (C=O) groups is 2. The van der Waals surface area contributed by atoms with Crippen LogP contribution in [-0.4, -0.2) is 18.2 Å². The molecule has 86 valence electrons. The van der Waals surface area contributed by atoms with Gasteiger partial charge in [0.2, 0.25) is 5.78 Å². The first kappa shape index (κ1) is 12.2. The molecule has 0 atom stereocenters. The minimum Gasteiger partial charge on any atom is -0.349 e. The molecule has 3 heteroatoms. The molecule has 15 heavy (non-hydrogen) atoms. The van der Waals surface area contributed by atoms with Gasteiger partial charge in [-0.3, -0.25) is 9.59 Å². The van der Waals surface area contributed by atoms with Crippen molar-refractivity contribution in [2.24, 2.45) is 11.3 Å². The van der Waals surface area contributed by atoms with E-state index in [1.54, 1.807) is 0 Å². The van der Waals surface area contributed by atoms with Crippen LogP contribution in [0.15, 0.2) is 0 Å². The predicted octanol–water partition coefficient (Wildman–Crippen LogP) is 1.91. The van der Waals surface area contributed by atoms with Crippen LogP contribution < -0.4 is 5.32 Å². The second-order valence-electron chi connectivity index (χ2n) is 5.21. The Morgan fingerprint density at radius 1 is 1.27 bits per heavy atom. The Morgan fingerprint density at radius 2 is 1.80 bits per heavy atom. The highest BCUT2D eigenvalue weighted by Gasteiger charge is 2.32. The van der Waals surface area contributed by atoms with E-state index in [1.807, 2.05) is 0 Å². The fourth-order valence-electron chi connectivity index (χ4n) is 2.28. The molecular weight excluding hydrogens is 190 g/mol. The lowest BCUT2D eigenvalue weighted by molar-refractivity contribution is -0.137.